The van der Waals surface area contributed by atoms with Gasteiger partial charge >= 0.3 is 12.2 Å². The predicted octanol–water partition coefficient (Wildman–Crippen LogP) is 2.93. The Balaban J connectivity index is 1.82. The summed E-state index contributed by atoms with van der Waals surface area (Å²) in [5.41, 5.74) is 0.328. The highest BCUT2D eigenvalue weighted by Crippen LogP contribution is 2.37. The van der Waals surface area contributed by atoms with E-state index in [9.17, 15) is 22.4 Å². The standard InChI is InChI=1S/C19H20ClFN4O6S/c1-22-32(28,29)23-14-6-4-5-11(17(14)21)9-25-10-12-7-13(20)16(31-18(26)24(2)3)8-15(12)30-19(25)27/h4-8,22-23H,9-10H2,1-3H3. The number of amides is 2. The van der Waals surface area contributed by atoms with Gasteiger partial charge in [0, 0.05) is 38.3 Å². The van der Waals surface area contributed by atoms with Gasteiger partial charge in [0.2, 0.25) is 0 Å². The number of hydrogen-bond acceptors (Lipinski definition) is 6. The minimum atomic E-state index is -3.92. The zero-order valence-corrected chi connectivity index (χ0v) is 18.9. The van der Waals surface area contributed by atoms with Gasteiger partial charge in [0.05, 0.1) is 23.8 Å². The predicted molar refractivity (Wildman–Crippen MR) is 114 cm³/mol. The lowest BCUT2D eigenvalue weighted by atomic mass is 10.1. The average Bonchev–Trinajstić information content (AvgIpc) is 2.72. The largest absolute Gasteiger partial charge is 0.415 e. The van der Waals surface area contributed by atoms with Crippen LogP contribution in [-0.2, 0) is 23.3 Å². The van der Waals surface area contributed by atoms with E-state index in [4.69, 9.17) is 21.1 Å². The molecule has 0 fully saturated rings. The SMILES string of the molecule is CNS(=O)(=O)Nc1cccc(CN2Cc3cc(Cl)c(OC(=O)N(C)C)cc3OC2=O)c1F. The first kappa shape index (κ1) is 23.6. The van der Waals surface area contributed by atoms with Crippen LogP contribution in [0, 0.1) is 5.82 Å². The van der Waals surface area contributed by atoms with Crippen molar-refractivity contribution in [3.05, 3.63) is 52.3 Å². The molecule has 0 saturated carbocycles. The van der Waals surface area contributed by atoms with E-state index in [0.717, 1.165) is 0 Å². The van der Waals surface area contributed by atoms with Gasteiger partial charge in [-0.15, -0.1) is 0 Å². The summed E-state index contributed by atoms with van der Waals surface area (Å²) in [6.45, 7) is -0.143. The fourth-order valence-electron chi connectivity index (χ4n) is 2.79. The summed E-state index contributed by atoms with van der Waals surface area (Å²) in [6.07, 6.45) is -1.41. The van der Waals surface area contributed by atoms with Crippen molar-refractivity contribution < 1.29 is 31.9 Å². The molecule has 2 aromatic rings. The van der Waals surface area contributed by atoms with E-state index < -0.39 is 28.2 Å². The number of carbonyl (C=O) groups excluding carboxylic acids is 2. The Kier molecular flexibility index (Phi) is 6.77. The summed E-state index contributed by atoms with van der Waals surface area (Å²) in [6, 6.07) is 6.96. The van der Waals surface area contributed by atoms with Gasteiger partial charge in [-0.05, 0) is 12.1 Å². The molecule has 1 heterocycles. The number of anilines is 1. The highest BCUT2D eigenvalue weighted by molar-refractivity contribution is 7.90. The number of halogens is 2. The number of nitrogens with zero attached hydrogens (tertiary/aromatic N) is 2. The average molecular weight is 487 g/mol. The minimum absolute atomic E-state index is 0.0286. The van der Waals surface area contributed by atoms with Crippen LogP contribution in [0.2, 0.25) is 5.02 Å². The number of nitrogens with one attached hydrogen (secondary N) is 2. The third-order valence-corrected chi connectivity index (χ3v) is 5.77. The molecule has 2 amide bonds. The van der Waals surface area contributed by atoms with E-state index in [1.165, 1.54) is 61.3 Å². The van der Waals surface area contributed by atoms with Crippen molar-refractivity contribution >= 4 is 39.7 Å². The Morgan fingerprint density at radius 1 is 1.34 bits per heavy atom. The first-order valence-corrected chi connectivity index (χ1v) is 11.0. The molecule has 0 aliphatic carbocycles. The van der Waals surface area contributed by atoms with Crippen molar-refractivity contribution in [1.29, 1.82) is 0 Å². The second-order valence-electron chi connectivity index (χ2n) is 6.97. The maximum atomic E-state index is 14.8. The number of benzene rings is 2. The zero-order valence-electron chi connectivity index (χ0n) is 17.3. The fraction of sp³-hybridized carbons (Fsp3) is 0.263. The maximum Gasteiger partial charge on any atom is 0.415 e. The Bertz CT molecular complexity index is 1170. The lowest BCUT2D eigenvalue weighted by Crippen LogP contribution is -2.36. The van der Waals surface area contributed by atoms with Crippen molar-refractivity contribution in [1.82, 2.24) is 14.5 Å². The van der Waals surface area contributed by atoms with Crippen molar-refractivity contribution in [3.63, 3.8) is 0 Å². The number of rotatable bonds is 6. The Hall–Kier alpha value is -3.09. The number of ether oxygens (including phenoxy) is 2. The molecule has 1 aliphatic heterocycles. The Morgan fingerprint density at radius 3 is 2.72 bits per heavy atom. The lowest BCUT2D eigenvalue weighted by molar-refractivity contribution is 0.134. The molecule has 2 aromatic carbocycles. The molecule has 0 saturated heterocycles. The van der Waals surface area contributed by atoms with Crippen LogP contribution in [0.5, 0.6) is 11.5 Å². The van der Waals surface area contributed by atoms with Gasteiger partial charge in [0.15, 0.2) is 11.6 Å². The van der Waals surface area contributed by atoms with E-state index >= 15 is 0 Å². The molecule has 0 atom stereocenters. The van der Waals surface area contributed by atoms with Crippen molar-refractivity contribution in [2.45, 2.75) is 13.1 Å². The lowest BCUT2D eigenvalue weighted by Gasteiger charge is -2.29. The molecule has 2 N–H and O–H groups in total. The smallest absolute Gasteiger partial charge is 0.410 e. The van der Waals surface area contributed by atoms with Gasteiger partial charge in [-0.3, -0.25) is 9.62 Å². The van der Waals surface area contributed by atoms with E-state index in [2.05, 4.69) is 4.72 Å². The Morgan fingerprint density at radius 2 is 2.06 bits per heavy atom. The Labute approximate surface area is 189 Å². The summed E-state index contributed by atoms with van der Waals surface area (Å²) < 4.78 is 52.7. The van der Waals surface area contributed by atoms with E-state index in [0.29, 0.717) is 5.56 Å². The van der Waals surface area contributed by atoms with Gasteiger partial charge in [-0.2, -0.15) is 8.42 Å². The molecule has 172 valence electrons. The zero-order chi connectivity index (χ0) is 23.6. The molecular weight excluding hydrogens is 467 g/mol. The highest BCUT2D eigenvalue weighted by atomic mass is 35.5. The minimum Gasteiger partial charge on any atom is -0.410 e. The van der Waals surface area contributed by atoms with Gasteiger partial charge in [0.25, 0.3) is 10.2 Å². The molecule has 0 unspecified atom stereocenters. The van der Waals surface area contributed by atoms with Gasteiger partial charge in [-0.1, -0.05) is 23.7 Å². The number of carbonyl (C=O) groups is 2. The summed E-state index contributed by atoms with van der Waals surface area (Å²) in [5.74, 6) is -0.636. The molecule has 0 radical (unpaired) electrons. The molecule has 3 rings (SSSR count). The molecule has 32 heavy (non-hydrogen) atoms. The van der Waals surface area contributed by atoms with Gasteiger partial charge < -0.3 is 14.4 Å². The maximum absolute atomic E-state index is 14.8. The van der Waals surface area contributed by atoms with Crippen LogP contribution in [0.3, 0.4) is 0 Å². The van der Waals surface area contributed by atoms with Crippen LogP contribution in [0.15, 0.2) is 30.3 Å². The summed E-state index contributed by atoms with van der Waals surface area (Å²) in [7, 11) is 0.275. The van der Waals surface area contributed by atoms with Crippen LogP contribution < -0.4 is 18.9 Å². The third kappa shape index (κ3) is 5.21. The normalized spacial score (nSPS) is 13.3. The number of hydrogen-bond donors (Lipinski definition) is 2. The molecule has 0 spiro atoms. The topological polar surface area (TPSA) is 117 Å². The van der Waals surface area contributed by atoms with Crippen LogP contribution in [0.25, 0.3) is 0 Å². The second-order valence-corrected chi connectivity index (χ2v) is 8.99. The summed E-state index contributed by atoms with van der Waals surface area (Å²) in [4.78, 5) is 26.7. The highest BCUT2D eigenvalue weighted by Gasteiger charge is 2.28. The quantitative estimate of drug-likeness (QED) is 0.648. The first-order chi connectivity index (χ1) is 15.0. The van der Waals surface area contributed by atoms with Crippen LogP contribution in [-0.4, -0.2) is 51.5 Å². The third-order valence-electron chi connectivity index (χ3n) is 4.45. The summed E-state index contributed by atoms with van der Waals surface area (Å²) in [5, 5.41) is 0.131. The van der Waals surface area contributed by atoms with Crippen molar-refractivity contribution in [2.24, 2.45) is 0 Å². The van der Waals surface area contributed by atoms with E-state index in [1.807, 2.05) is 4.72 Å². The second kappa shape index (κ2) is 9.18. The first-order valence-electron chi connectivity index (χ1n) is 9.17. The molecule has 13 heteroatoms. The summed E-state index contributed by atoms with van der Waals surface area (Å²) >= 11 is 6.19. The molecule has 0 aromatic heterocycles. The van der Waals surface area contributed by atoms with Crippen LogP contribution in [0.1, 0.15) is 11.1 Å². The number of fused-ring (bicyclic) bond motifs is 1. The van der Waals surface area contributed by atoms with E-state index in [-0.39, 0.29) is 40.9 Å². The van der Waals surface area contributed by atoms with E-state index in [1.54, 1.807) is 0 Å². The van der Waals surface area contributed by atoms with Gasteiger partial charge in [-0.25, -0.2) is 18.7 Å². The van der Waals surface area contributed by atoms with Crippen molar-refractivity contribution in [3.8, 4) is 11.5 Å². The van der Waals surface area contributed by atoms with Crippen LogP contribution >= 0.6 is 11.6 Å². The van der Waals surface area contributed by atoms with Gasteiger partial charge in [0.1, 0.15) is 5.75 Å². The molecule has 1 aliphatic rings. The molecule has 10 nitrogen and oxygen atoms in total. The fourth-order valence-corrected chi connectivity index (χ4v) is 3.56. The van der Waals surface area contributed by atoms with Crippen molar-refractivity contribution in [2.75, 3.05) is 25.9 Å². The monoisotopic (exact) mass is 486 g/mol. The molecular formula is C19H20ClFN4O6S. The van der Waals surface area contributed by atoms with Crippen LogP contribution in [0.4, 0.5) is 19.7 Å². The molecule has 0 bridgehead atoms.